The minimum Gasteiger partial charge on any atom is -0.395 e. The number of aromatic nitrogens is 3. The molecule has 3 rings (SSSR count). The van der Waals surface area contributed by atoms with Gasteiger partial charge in [-0.2, -0.15) is 0 Å². The standard InChI is InChI=1S/C27H36N4O/c1-21-8-4-12-28-25(21)18-24(19-26-22(2)9-5-13-29-26)11-7-15-31(16-17-32)20-27-23(3)10-6-14-30-27/h4-6,8-10,12-14,24,32H,7,11,15-20H2,1-3H3. The molecular weight excluding hydrogens is 396 g/mol. The quantitative estimate of drug-likeness (QED) is 0.457. The summed E-state index contributed by atoms with van der Waals surface area (Å²) in [6.07, 6.45) is 9.71. The zero-order chi connectivity index (χ0) is 22.8. The number of nitrogens with zero attached hydrogens (tertiary/aromatic N) is 4. The van der Waals surface area contributed by atoms with Crippen LogP contribution in [0.25, 0.3) is 0 Å². The van der Waals surface area contributed by atoms with E-state index in [-0.39, 0.29) is 6.61 Å². The van der Waals surface area contributed by atoms with E-state index < -0.39 is 0 Å². The van der Waals surface area contributed by atoms with Gasteiger partial charge in [-0.1, -0.05) is 18.2 Å². The Kier molecular flexibility index (Phi) is 9.32. The summed E-state index contributed by atoms with van der Waals surface area (Å²) < 4.78 is 0. The Hall–Kier alpha value is -2.63. The van der Waals surface area contributed by atoms with Gasteiger partial charge in [0.1, 0.15) is 0 Å². The molecule has 5 heteroatoms. The van der Waals surface area contributed by atoms with E-state index in [9.17, 15) is 5.11 Å². The Morgan fingerprint density at radius 1 is 0.750 bits per heavy atom. The van der Waals surface area contributed by atoms with Gasteiger partial charge in [-0.3, -0.25) is 19.9 Å². The van der Waals surface area contributed by atoms with E-state index in [1.165, 1.54) is 28.1 Å². The van der Waals surface area contributed by atoms with Crippen molar-refractivity contribution in [3.05, 3.63) is 88.8 Å². The lowest BCUT2D eigenvalue weighted by Gasteiger charge is -2.24. The summed E-state index contributed by atoms with van der Waals surface area (Å²) in [4.78, 5) is 16.1. The molecule has 0 radical (unpaired) electrons. The molecule has 170 valence electrons. The van der Waals surface area contributed by atoms with E-state index in [2.05, 4.69) is 58.8 Å². The van der Waals surface area contributed by atoms with Crippen molar-refractivity contribution in [3.63, 3.8) is 0 Å². The van der Waals surface area contributed by atoms with Gasteiger partial charge in [-0.05, 0) is 93.8 Å². The molecule has 0 aliphatic heterocycles. The lowest BCUT2D eigenvalue weighted by molar-refractivity contribution is 0.183. The second kappa shape index (κ2) is 12.4. The van der Waals surface area contributed by atoms with Crippen LogP contribution in [-0.4, -0.2) is 44.7 Å². The zero-order valence-electron chi connectivity index (χ0n) is 19.7. The molecule has 0 saturated heterocycles. The first-order chi connectivity index (χ1) is 15.6. The maximum absolute atomic E-state index is 9.56. The Bertz CT molecular complexity index is 928. The van der Waals surface area contributed by atoms with Crippen molar-refractivity contribution in [2.24, 2.45) is 5.92 Å². The Balaban J connectivity index is 1.65. The van der Waals surface area contributed by atoms with Crippen molar-refractivity contribution in [1.29, 1.82) is 0 Å². The molecule has 0 unspecified atom stereocenters. The van der Waals surface area contributed by atoms with Crippen molar-refractivity contribution in [2.45, 2.75) is 53.0 Å². The van der Waals surface area contributed by atoms with Crippen LogP contribution in [0.2, 0.25) is 0 Å². The molecule has 3 aromatic rings. The van der Waals surface area contributed by atoms with Gasteiger partial charge in [0, 0.05) is 43.1 Å². The van der Waals surface area contributed by atoms with E-state index in [4.69, 9.17) is 0 Å². The highest BCUT2D eigenvalue weighted by Crippen LogP contribution is 2.21. The molecule has 0 bridgehead atoms. The Morgan fingerprint density at radius 2 is 1.25 bits per heavy atom. The van der Waals surface area contributed by atoms with Crippen LogP contribution in [0.15, 0.2) is 55.0 Å². The first-order valence-corrected chi connectivity index (χ1v) is 11.6. The smallest absolute Gasteiger partial charge is 0.0573 e. The first kappa shape index (κ1) is 24.0. The fourth-order valence-electron chi connectivity index (χ4n) is 4.20. The molecule has 3 aromatic heterocycles. The minimum atomic E-state index is 0.162. The molecule has 0 fully saturated rings. The average molecular weight is 433 g/mol. The van der Waals surface area contributed by atoms with E-state index in [0.717, 1.165) is 44.5 Å². The molecule has 0 aliphatic carbocycles. The maximum atomic E-state index is 9.56. The Morgan fingerprint density at radius 3 is 1.72 bits per heavy atom. The van der Waals surface area contributed by atoms with Crippen LogP contribution in [0, 0.1) is 26.7 Å². The summed E-state index contributed by atoms with van der Waals surface area (Å²) in [5, 5.41) is 9.56. The summed E-state index contributed by atoms with van der Waals surface area (Å²) in [7, 11) is 0. The predicted octanol–water partition coefficient (Wildman–Crippen LogP) is 4.47. The van der Waals surface area contributed by atoms with Gasteiger partial charge in [-0.25, -0.2) is 0 Å². The zero-order valence-corrected chi connectivity index (χ0v) is 19.7. The summed E-state index contributed by atoms with van der Waals surface area (Å²) in [6, 6.07) is 12.4. The third-order valence-electron chi connectivity index (χ3n) is 6.19. The molecule has 3 heterocycles. The van der Waals surface area contributed by atoms with E-state index in [1.54, 1.807) is 0 Å². The third kappa shape index (κ3) is 7.21. The van der Waals surface area contributed by atoms with E-state index in [1.807, 2.05) is 36.8 Å². The second-order valence-electron chi connectivity index (χ2n) is 8.72. The van der Waals surface area contributed by atoms with Crippen LogP contribution in [0.3, 0.4) is 0 Å². The molecule has 0 saturated carbocycles. The molecule has 32 heavy (non-hydrogen) atoms. The Labute approximate surface area is 192 Å². The van der Waals surface area contributed by atoms with Gasteiger partial charge in [0.05, 0.1) is 12.3 Å². The van der Waals surface area contributed by atoms with Crippen LogP contribution in [-0.2, 0) is 19.4 Å². The van der Waals surface area contributed by atoms with Crippen molar-refractivity contribution < 1.29 is 5.11 Å². The third-order valence-corrected chi connectivity index (χ3v) is 6.19. The molecular formula is C27H36N4O. The largest absolute Gasteiger partial charge is 0.395 e. The maximum Gasteiger partial charge on any atom is 0.0573 e. The fourth-order valence-corrected chi connectivity index (χ4v) is 4.20. The lowest BCUT2D eigenvalue weighted by atomic mass is 9.90. The van der Waals surface area contributed by atoms with Gasteiger partial charge >= 0.3 is 0 Å². The van der Waals surface area contributed by atoms with Gasteiger partial charge < -0.3 is 5.11 Å². The monoisotopic (exact) mass is 432 g/mol. The van der Waals surface area contributed by atoms with Crippen LogP contribution in [0.5, 0.6) is 0 Å². The highest BCUT2D eigenvalue weighted by atomic mass is 16.3. The summed E-state index contributed by atoms with van der Waals surface area (Å²) in [5.41, 5.74) is 7.16. The summed E-state index contributed by atoms with van der Waals surface area (Å²) in [6.45, 7) is 8.92. The topological polar surface area (TPSA) is 62.1 Å². The van der Waals surface area contributed by atoms with Gasteiger partial charge in [0.2, 0.25) is 0 Å². The van der Waals surface area contributed by atoms with Gasteiger partial charge in [-0.15, -0.1) is 0 Å². The van der Waals surface area contributed by atoms with Crippen LogP contribution >= 0.6 is 0 Å². The molecule has 1 N–H and O–H groups in total. The van der Waals surface area contributed by atoms with Crippen molar-refractivity contribution in [3.8, 4) is 0 Å². The molecule has 0 amide bonds. The van der Waals surface area contributed by atoms with Crippen molar-refractivity contribution in [2.75, 3.05) is 19.7 Å². The van der Waals surface area contributed by atoms with E-state index in [0.29, 0.717) is 12.5 Å². The number of pyridine rings is 3. The minimum absolute atomic E-state index is 0.162. The molecule has 5 nitrogen and oxygen atoms in total. The van der Waals surface area contributed by atoms with Crippen LogP contribution in [0.1, 0.15) is 46.6 Å². The summed E-state index contributed by atoms with van der Waals surface area (Å²) in [5.74, 6) is 0.477. The summed E-state index contributed by atoms with van der Waals surface area (Å²) >= 11 is 0. The molecule has 0 aliphatic rings. The fraction of sp³-hybridized carbons (Fsp3) is 0.444. The lowest BCUT2D eigenvalue weighted by Crippen LogP contribution is -2.29. The van der Waals surface area contributed by atoms with Gasteiger partial charge in [0.15, 0.2) is 0 Å². The molecule has 0 spiro atoms. The molecule has 0 aromatic carbocycles. The number of rotatable bonds is 12. The average Bonchev–Trinajstić information content (AvgIpc) is 2.78. The number of hydrogen-bond donors (Lipinski definition) is 1. The number of hydrogen-bond acceptors (Lipinski definition) is 5. The number of aliphatic hydroxyl groups is 1. The second-order valence-corrected chi connectivity index (χ2v) is 8.72. The first-order valence-electron chi connectivity index (χ1n) is 11.6. The predicted molar refractivity (Wildman–Crippen MR) is 129 cm³/mol. The van der Waals surface area contributed by atoms with Crippen LogP contribution < -0.4 is 0 Å². The SMILES string of the molecule is Cc1cccnc1CC(CCCN(CCO)Cc1ncccc1C)Cc1ncccc1C. The highest BCUT2D eigenvalue weighted by Gasteiger charge is 2.16. The molecule has 0 atom stereocenters. The van der Waals surface area contributed by atoms with Crippen molar-refractivity contribution in [1.82, 2.24) is 19.9 Å². The highest BCUT2D eigenvalue weighted by molar-refractivity contribution is 5.21. The van der Waals surface area contributed by atoms with Crippen molar-refractivity contribution >= 4 is 0 Å². The number of aliphatic hydroxyl groups excluding tert-OH is 1. The van der Waals surface area contributed by atoms with Crippen LogP contribution in [0.4, 0.5) is 0 Å². The normalized spacial score (nSPS) is 11.4. The van der Waals surface area contributed by atoms with E-state index >= 15 is 0 Å². The van der Waals surface area contributed by atoms with Gasteiger partial charge in [0.25, 0.3) is 0 Å². The number of aryl methyl sites for hydroxylation is 3.